The molecule has 2 rings (SSSR count). The molecule has 0 aliphatic heterocycles. The van der Waals surface area contributed by atoms with Gasteiger partial charge >= 0.3 is 5.97 Å². The monoisotopic (exact) mass is 258 g/mol. The van der Waals surface area contributed by atoms with Crippen LogP contribution >= 0.6 is 0 Å². The molecule has 0 spiro atoms. The van der Waals surface area contributed by atoms with E-state index in [2.05, 4.69) is 4.98 Å². The molecule has 0 fully saturated rings. The lowest BCUT2D eigenvalue weighted by molar-refractivity contribution is 0.0690. The summed E-state index contributed by atoms with van der Waals surface area (Å²) >= 11 is 0. The molecule has 6 heteroatoms. The van der Waals surface area contributed by atoms with Crippen LogP contribution in [0.15, 0.2) is 42.6 Å². The first-order valence-electron chi connectivity index (χ1n) is 5.33. The highest BCUT2D eigenvalue weighted by atomic mass is 16.5. The van der Waals surface area contributed by atoms with Gasteiger partial charge in [-0.15, -0.1) is 0 Å². The third-order valence-electron chi connectivity index (χ3n) is 2.33. The van der Waals surface area contributed by atoms with Crippen LogP contribution in [0.4, 0.5) is 0 Å². The van der Waals surface area contributed by atoms with Gasteiger partial charge in [-0.3, -0.25) is 4.79 Å². The van der Waals surface area contributed by atoms with E-state index in [0.717, 1.165) is 0 Å². The molecule has 19 heavy (non-hydrogen) atoms. The molecule has 1 amide bonds. The van der Waals surface area contributed by atoms with Crippen LogP contribution in [0.3, 0.4) is 0 Å². The summed E-state index contributed by atoms with van der Waals surface area (Å²) in [7, 11) is 0. The number of carbonyl (C=O) groups is 2. The van der Waals surface area contributed by atoms with Crippen LogP contribution in [0, 0.1) is 0 Å². The van der Waals surface area contributed by atoms with Crippen LogP contribution in [-0.4, -0.2) is 22.0 Å². The quantitative estimate of drug-likeness (QED) is 0.868. The Morgan fingerprint density at radius 3 is 2.16 bits per heavy atom. The predicted molar refractivity (Wildman–Crippen MR) is 66.2 cm³/mol. The first-order valence-corrected chi connectivity index (χ1v) is 5.33. The summed E-state index contributed by atoms with van der Waals surface area (Å²) in [4.78, 5) is 25.2. The number of hydrogen-bond acceptors (Lipinski definition) is 4. The first kappa shape index (κ1) is 12.6. The number of nitrogens with two attached hydrogens (primary N) is 1. The smallest absolute Gasteiger partial charge is 0.354 e. The van der Waals surface area contributed by atoms with Gasteiger partial charge in [-0.25, -0.2) is 9.78 Å². The highest BCUT2D eigenvalue weighted by Gasteiger charge is 2.05. The van der Waals surface area contributed by atoms with E-state index in [1.54, 1.807) is 12.1 Å². The normalized spacial score (nSPS) is 9.89. The highest BCUT2D eigenvalue weighted by Crippen LogP contribution is 2.20. The second-order valence-corrected chi connectivity index (χ2v) is 3.67. The maximum absolute atomic E-state index is 10.9. The standard InChI is InChI=1S/C13H10N2O4/c14-12(16)8-1-3-9(4-2-8)19-10-5-6-11(13(17)18)15-7-10/h1-7H,(H2,14,16)(H,17,18). The van der Waals surface area contributed by atoms with Gasteiger partial charge in [0.25, 0.3) is 0 Å². The minimum absolute atomic E-state index is 0.0589. The van der Waals surface area contributed by atoms with Gasteiger partial charge in [0, 0.05) is 5.56 Å². The average molecular weight is 258 g/mol. The lowest BCUT2D eigenvalue weighted by Crippen LogP contribution is -2.10. The van der Waals surface area contributed by atoms with Crippen molar-refractivity contribution in [2.45, 2.75) is 0 Å². The summed E-state index contributed by atoms with van der Waals surface area (Å²) in [5.41, 5.74) is 5.44. The molecule has 0 bridgehead atoms. The zero-order chi connectivity index (χ0) is 13.8. The number of carboxylic acids is 1. The summed E-state index contributed by atoms with van der Waals surface area (Å²) in [5.74, 6) is -0.719. The summed E-state index contributed by atoms with van der Waals surface area (Å²) in [6.45, 7) is 0. The minimum atomic E-state index is -1.10. The van der Waals surface area contributed by atoms with Gasteiger partial charge < -0.3 is 15.6 Å². The number of carbonyl (C=O) groups excluding carboxylic acids is 1. The SMILES string of the molecule is NC(=O)c1ccc(Oc2ccc(C(=O)O)nc2)cc1. The van der Waals surface area contributed by atoms with Crippen LogP contribution in [0.25, 0.3) is 0 Å². The Hall–Kier alpha value is -2.89. The van der Waals surface area contributed by atoms with Crippen LogP contribution in [0.5, 0.6) is 11.5 Å². The van der Waals surface area contributed by atoms with Gasteiger partial charge in [-0.05, 0) is 36.4 Å². The van der Waals surface area contributed by atoms with Crippen molar-refractivity contribution in [1.29, 1.82) is 0 Å². The Bertz CT molecular complexity index is 550. The Morgan fingerprint density at radius 1 is 1.05 bits per heavy atom. The number of aromatic nitrogens is 1. The number of primary amides is 1. The molecule has 3 N–H and O–H groups in total. The van der Waals surface area contributed by atoms with Crippen molar-refractivity contribution >= 4 is 11.9 Å². The van der Waals surface area contributed by atoms with E-state index in [-0.39, 0.29) is 5.69 Å². The Labute approximate surface area is 108 Å². The molecule has 0 atom stereocenters. The summed E-state index contributed by atoms with van der Waals surface area (Å²) < 4.78 is 5.44. The van der Waals surface area contributed by atoms with Gasteiger partial charge in [-0.1, -0.05) is 0 Å². The number of carboxylic acid groups (broad SMARTS) is 1. The molecule has 0 aliphatic rings. The van der Waals surface area contributed by atoms with Gasteiger partial charge in [0.1, 0.15) is 17.2 Å². The largest absolute Gasteiger partial charge is 0.477 e. The zero-order valence-electron chi connectivity index (χ0n) is 9.74. The van der Waals surface area contributed by atoms with E-state index in [1.807, 2.05) is 0 Å². The Morgan fingerprint density at radius 2 is 1.68 bits per heavy atom. The van der Waals surface area contributed by atoms with E-state index < -0.39 is 11.9 Å². The molecule has 6 nitrogen and oxygen atoms in total. The fourth-order valence-corrected chi connectivity index (χ4v) is 1.39. The fraction of sp³-hybridized carbons (Fsp3) is 0. The minimum Gasteiger partial charge on any atom is -0.477 e. The number of amides is 1. The number of aromatic carboxylic acids is 1. The molecule has 0 unspecified atom stereocenters. The van der Waals surface area contributed by atoms with E-state index in [1.165, 1.54) is 30.5 Å². The van der Waals surface area contributed by atoms with Crippen LogP contribution < -0.4 is 10.5 Å². The lowest BCUT2D eigenvalue weighted by Gasteiger charge is -2.05. The van der Waals surface area contributed by atoms with E-state index >= 15 is 0 Å². The number of rotatable bonds is 4. The van der Waals surface area contributed by atoms with E-state index in [9.17, 15) is 9.59 Å². The fourth-order valence-electron chi connectivity index (χ4n) is 1.39. The maximum Gasteiger partial charge on any atom is 0.354 e. The molecule has 1 aromatic carbocycles. The number of pyridine rings is 1. The van der Waals surface area contributed by atoms with Gasteiger partial charge in [0.05, 0.1) is 6.20 Å². The number of benzene rings is 1. The van der Waals surface area contributed by atoms with Crippen LogP contribution in [-0.2, 0) is 0 Å². The molecule has 0 radical (unpaired) electrons. The lowest BCUT2D eigenvalue weighted by atomic mass is 10.2. The number of ether oxygens (including phenoxy) is 1. The molecular formula is C13H10N2O4. The van der Waals surface area contributed by atoms with Crippen molar-refractivity contribution in [1.82, 2.24) is 4.98 Å². The van der Waals surface area contributed by atoms with Crippen molar-refractivity contribution in [3.05, 3.63) is 53.9 Å². The van der Waals surface area contributed by atoms with Crippen molar-refractivity contribution in [3.8, 4) is 11.5 Å². The van der Waals surface area contributed by atoms with Crippen LogP contribution in [0.2, 0.25) is 0 Å². The molecule has 2 aromatic rings. The molecular weight excluding hydrogens is 248 g/mol. The van der Waals surface area contributed by atoms with Crippen molar-refractivity contribution < 1.29 is 19.4 Å². The Balaban J connectivity index is 2.12. The molecule has 1 heterocycles. The first-order chi connectivity index (χ1) is 9.06. The predicted octanol–water partition coefficient (Wildman–Crippen LogP) is 1.67. The van der Waals surface area contributed by atoms with Gasteiger partial charge in [0.2, 0.25) is 5.91 Å². The maximum atomic E-state index is 10.9. The molecule has 0 saturated heterocycles. The molecule has 96 valence electrons. The summed E-state index contributed by atoms with van der Waals surface area (Å²) in [6, 6.07) is 9.09. The van der Waals surface area contributed by atoms with Crippen molar-refractivity contribution in [2.75, 3.05) is 0 Å². The van der Waals surface area contributed by atoms with E-state index in [4.69, 9.17) is 15.6 Å². The average Bonchev–Trinajstić information content (AvgIpc) is 2.40. The second kappa shape index (κ2) is 5.18. The van der Waals surface area contributed by atoms with Crippen LogP contribution in [0.1, 0.15) is 20.8 Å². The van der Waals surface area contributed by atoms with Crippen molar-refractivity contribution in [2.24, 2.45) is 5.73 Å². The van der Waals surface area contributed by atoms with E-state index in [0.29, 0.717) is 17.1 Å². The molecule has 1 aromatic heterocycles. The Kier molecular flexibility index (Phi) is 3.42. The zero-order valence-corrected chi connectivity index (χ0v) is 9.74. The highest BCUT2D eigenvalue weighted by molar-refractivity contribution is 5.92. The van der Waals surface area contributed by atoms with Crippen molar-refractivity contribution in [3.63, 3.8) is 0 Å². The molecule has 0 saturated carbocycles. The second-order valence-electron chi connectivity index (χ2n) is 3.67. The molecule has 0 aliphatic carbocycles. The third-order valence-corrected chi connectivity index (χ3v) is 2.33. The third kappa shape index (κ3) is 3.06. The topological polar surface area (TPSA) is 103 Å². The summed E-state index contributed by atoms with van der Waals surface area (Å²) in [6.07, 6.45) is 1.31. The number of nitrogens with zero attached hydrogens (tertiary/aromatic N) is 1. The number of hydrogen-bond donors (Lipinski definition) is 2. The van der Waals surface area contributed by atoms with Gasteiger partial charge in [0.15, 0.2) is 0 Å². The summed E-state index contributed by atoms with van der Waals surface area (Å²) in [5, 5.41) is 8.70. The van der Waals surface area contributed by atoms with Gasteiger partial charge in [-0.2, -0.15) is 0 Å².